The Morgan fingerprint density at radius 1 is 0.848 bits per heavy atom. The van der Waals surface area contributed by atoms with Gasteiger partial charge in [0.25, 0.3) is 11.8 Å². The van der Waals surface area contributed by atoms with Crippen molar-refractivity contribution in [3.8, 4) is 0 Å². The van der Waals surface area contributed by atoms with Crippen molar-refractivity contribution in [2.24, 2.45) is 0 Å². The van der Waals surface area contributed by atoms with Crippen LogP contribution in [0.1, 0.15) is 64.8 Å². The summed E-state index contributed by atoms with van der Waals surface area (Å²) in [6.07, 6.45) is 6.03. The lowest BCUT2D eigenvalue weighted by molar-refractivity contribution is -0.0962. The smallest absolute Gasteiger partial charge is 0.261 e. The van der Waals surface area contributed by atoms with Crippen LogP contribution >= 0.6 is 0 Å². The number of unbranched alkanes of at least 4 members (excludes halogenated alkanes) is 5. The second-order valence-electron chi connectivity index (χ2n) is 8.12. The third-order valence-electron chi connectivity index (χ3n) is 5.51. The maximum absolute atomic E-state index is 13.0. The van der Waals surface area contributed by atoms with Crippen LogP contribution in [0.4, 0.5) is 4.39 Å². The number of sulfonamides is 1. The van der Waals surface area contributed by atoms with Gasteiger partial charge in [0.1, 0.15) is 5.82 Å². The number of carbonyl (C=O) groups excluding carboxylic acids is 2. The van der Waals surface area contributed by atoms with Crippen LogP contribution in [0.3, 0.4) is 0 Å². The minimum atomic E-state index is -3.52. The first-order valence-electron chi connectivity index (χ1n) is 11.1. The number of fused-ring (bicyclic) bond motifs is 1. The number of hydrogen-bond acceptors (Lipinski definition) is 5. The fourth-order valence-electron chi connectivity index (χ4n) is 3.71. The van der Waals surface area contributed by atoms with Gasteiger partial charge in [-0.1, -0.05) is 54.4 Å². The Labute approximate surface area is 194 Å². The average molecular weight is 477 g/mol. The summed E-state index contributed by atoms with van der Waals surface area (Å²) in [5.74, 6) is -0.809. The maximum Gasteiger partial charge on any atom is 0.261 e. The van der Waals surface area contributed by atoms with E-state index in [1.54, 1.807) is 36.4 Å². The molecule has 2 aromatic carbocycles. The normalized spacial score (nSPS) is 13.7. The highest BCUT2D eigenvalue weighted by atomic mass is 32.2. The van der Waals surface area contributed by atoms with Crippen molar-refractivity contribution in [3.63, 3.8) is 0 Å². The van der Waals surface area contributed by atoms with E-state index in [1.165, 1.54) is 17.0 Å². The summed E-state index contributed by atoms with van der Waals surface area (Å²) in [6, 6.07) is 12.6. The van der Waals surface area contributed by atoms with Crippen LogP contribution < -0.4 is 0 Å². The van der Waals surface area contributed by atoms with Gasteiger partial charge in [-0.3, -0.25) is 19.3 Å². The third kappa shape index (κ3) is 6.93. The van der Waals surface area contributed by atoms with Gasteiger partial charge in [-0.25, -0.2) is 12.8 Å². The number of halogens is 1. The number of rotatable bonds is 13. The monoisotopic (exact) mass is 476 g/mol. The Morgan fingerprint density at radius 2 is 1.39 bits per heavy atom. The fourth-order valence-corrected chi connectivity index (χ4v) is 4.42. The van der Waals surface area contributed by atoms with Crippen LogP contribution in [0.2, 0.25) is 0 Å². The zero-order chi connectivity index (χ0) is 23.8. The first-order chi connectivity index (χ1) is 15.8. The van der Waals surface area contributed by atoms with Crippen LogP contribution in [-0.4, -0.2) is 48.9 Å². The standard InChI is InChI=1S/C24H29FN2O5S/c1-33(30,31)27(32-18-19-12-14-20(25)15-13-19)17-9-5-3-2-4-8-16-26-23(28)21-10-6-7-11-22(21)24(26)29/h6-7,10-15H,2-5,8-9,16-18H2,1H3. The van der Waals surface area contributed by atoms with E-state index in [4.69, 9.17) is 4.84 Å². The molecule has 0 saturated carbocycles. The average Bonchev–Trinajstić information content (AvgIpc) is 3.02. The van der Waals surface area contributed by atoms with Crippen LogP contribution in [-0.2, 0) is 21.5 Å². The van der Waals surface area contributed by atoms with Crippen molar-refractivity contribution >= 4 is 21.8 Å². The number of amides is 2. The van der Waals surface area contributed by atoms with Crippen LogP contribution in [0.25, 0.3) is 0 Å². The highest BCUT2D eigenvalue weighted by molar-refractivity contribution is 7.88. The molecule has 0 radical (unpaired) electrons. The van der Waals surface area contributed by atoms with Crippen LogP contribution in [0.15, 0.2) is 48.5 Å². The first kappa shape index (κ1) is 25.0. The largest absolute Gasteiger partial charge is 0.280 e. The Morgan fingerprint density at radius 3 is 1.97 bits per heavy atom. The third-order valence-corrected chi connectivity index (χ3v) is 6.54. The summed E-state index contributed by atoms with van der Waals surface area (Å²) in [7, 11) is -3.52. The first-order valence-corrected chi connectivity index (χ1v) is 12.9. The van der Waals surface area contributed by atoms with Gasteiger partial charge in [-0.2, -0.15) is 0 Å². The zero-order valence-electron chi connectivity index (χ0n) is 18.7. The predicted octanol–water partition coefficient (Wildman–Crippen LogP) is 4.16. The molecule has 1 heterocycles. The number of nitrogens with zero attached hydrogens (tertiary/aromatic N) is 2. The molecule has 0 atom stereocenters. The van der Waals surface area contributed by atoms with Crippen molar-refractivity contribution in [1.29, 1.82) is 0 Å². The topological polar surface area (TPSA) is 84.0 Å². The molecule has 9 heteroatoms. The summed E-state index contributed by atoms with van der Waals surface area (Å²) < 4.78 is 37.9. The summed E-state index contributed by atoms with van der Waals surface area (Å²) in [6.45, 7) is 0.700. The van der Waals surface area contributed by atoms with Crippen LogP contribution in [0, 0.1) is 5.82 Å². The van der Waals surface area contributed by atoms with E-state index in [2.05, 4.69) is 0 Å². The predicted molar refractivity (Wildman–Crippen MR) is 122 cm³/mol. The molecule has 2 aromatic rings. The Hall–Kier alpha value is -2.62. The van der Waals surface area contributed by atoms with E-state index < -0.39 is 10.0 Å². The van der Waals surface area contributed by atoms with E-state index in [-0.39, 0.29) is 30.8 Å². The fraction of sp³-hybridized carbons (Fsp3) is 0.417. The van der Waals surface area contributed by atoms with Gasteiger partial charge < -0.3 is 0 Å². The second-order valence-corrected chi connectivity index (χ2v) is 9.99. The minimum absolute atomic E-state index is 0.0468. The van der Waals surface area contributed by atoms with Gasteiger partial charge in [0, 0.05) is 13.1 Å². The molecule has 178 valence electrons. The molecule has 0 bridgehead atoms. The molecule has 0 aromatic heterocycles. The summed E-state index contributed by atoms with van der Waals surface area (Å²) >= 11 is 0. The van der Waals surface area contributed by atoms with E-state index in [0.717, 1.165) is 42.8 Å². The highest BCUT2D eigenvalue weighted by Gasteiger charge is 2.34. The number of hydroxylamine groups is 1. The number of imide groups is 1. The molecule has 2 amide bonds. The molecule has 33 heavy (non-hydrogen) atoms. The number of carbonyl (C=O) groups is 2. The minimum Gasteiger partial charge on any atom is -0.280 e. The van der Waals surface area contributed by atoms with E-state index in [1.807, 2.05) is 0 Å². The Balaban J connectivity index is 1.31. The van der Waals surface area contributed by atoms with E-state index in [0.29, 0.717) is 29.7 Å². The highest BCUT2D eigenvalue weighted by Crippen LogP contribution is 2.23. The number of benzene rings is 2. The Bertz CT molecular complexity index is 1040. The molecule has 0 N–H and O–H groups in total. The Kier molecular flexibility index (Phi) is 8.71. The molecule has 7 nitrogen and oxygen atoms in total. The lowest BCUT2D eigenvalue weighted by Gasteiger charge is -2.19. The van der Waals surface area contributed by atoms with Gasteiger partial charge in [-0.15, -0.1) is 0 Å². The summed E-state index contributed by atoms with van der Waals surface area (Å²) in [5, 5.41) is 0. The van der Waals surface area contributed by atoms with Crippen LogP contribution in [0.5, 0.6) is 0 Å². The SMILES string of the molecule is CS(=O)(=O)N(CCCCCCCCN1C(=O)c2ccccc2C1=O)OCc1ccc(F)cc1. The van der Waals surface area contributed by atoms with Crippen molar-refractivity contribution in [1.82, 2.24) is 9.37 Å². The van der Waals surface area contributed by atoms with Gasteiger partial charge in [-0.05, 0) is 42.7 Å². The zero-order valence-corrected chi connectivity index (χ0v) is 19.5. The lowest BCUT2D eigenvalue weighted by Crippen LogP contribution is -2.31. The van der Waals surface area contributed by atoms with Crippen molar-refractivity contribution in [2.75, 3.05) is 19.3 Å². The summed E-state index contributed by atoms with van der Waals surface area (Å²) in [4.78, 5) is 31.4. The molecule has 0 spiro atoms. The maximum atomic E-state index is 13.0. The molecule has 3 rings (SSSR count). The van der Waals surface area contributed by atoms with Crippen molar-refractivity contribution in [2.45, 2.75) is 45.1 Å². The van der Waals surface area contributed by atoms with Crippen molar-refractivity contribution in [3.05, 3.63) is 71.0 Å². The lowest BCUT2D eigenvalue weighted by atomic mass is 10.1. The molecule has 0 fully saturated rings. The number of hydrogen-bond donors (Lipinski definition) is 0. The molecule has 1 aliphatic rings. The van der Waals surface area contributed by atoms with Gasteiger partial charge in [0.05, 0.1) is 24.0 Å². The van der Waals surface area contributed by atoms with Crippen molar-refractivity contribution < 1.29 is 27.2 Å². The second kappa shape index (κ2) is 11.5. The van der Waals surface area contributed by atoms with Gasteiger partial charge in [0.15, 0.2) is 0 Å². The quantitative estimate of drug-likeness (QED) is 0.246. The summed E-state index contributed by atoms with van der Waals surface area (Å²) in [5.41, 5.74) is 1.63. The molecule has 0 unspecified atom stereocenters. The molecular weight excluding hydrogens is 447 g/mol. The molecular formula is C24H29FN2O5S. The van der Waals surface area contributed by atoms with Gasteiger partial charge >= 0.3 is 0 Å². The molecule has 0 saturated heterocycles. The van der Waals surface area contributed by atoms with E-state index >= 15 is 0 Å². The van der Waals surface area contributed by atoms with E-state index in [9.17, 15) is 22.4 Å². The van der Waals surface area contributed by atoms with Gasteiger partial charge in [0.2, 0.25) is 10.0 Å². The molecule has 0 aliphatic carbocycles. The molecule has 1 aliphatic heterocycles.